The van der Waals surface area contributed by atoms with Gasteiger partial charge in [-0.15, -0.1) is 0 Å². The van der Waals surface area contributed by atoms with Gasteiger partial charge < -0.3 is 24.9 Å². The summed E-state index contributed by atoms with van der Waals surface area (Å²) in [4.78, 5) is 31.7. The van der Waals surface area contributed by atoms with E-state index in [0.29, 0.717) is 35.7 Å². The molecular formula is C24H31N5O3. The summed E-state index contributed by atoms with van der Waals surface area (Å²) in [7, 11) is 0. The predicted molar refractivity (Wildman–Crippen MR) is 126 cm³/mol. The second-order valence-electron chi connectivity index (χ2n) is 7.47. The maximum atomic E-state index is 12.9. The number of hydrogen-bond donors (Lipinski definition) is 2. The number of nitrogens with two attached hydrogens (primary N) is 1. The number of anilines is 1. The summed E-state index contributed by atoms with van der Waals surface area (Å²) in [6.45, 7) is 10.1. The van der Waals surface area contributed by atoms with Gasteiger partial charge in [0.15, 0.2) is 5.76 Å². The molecule has 0 aliphatic rings. The number of carbonyl (C=O) groups is 1. The highest BCUT2D eigenvalue weighted by Crippen LogP contribution is 2.33. The molecule has 170 valence electrons. The molecule has 0 saturated carbocycles. The molecule has 3 rings (SSSR count). The monoisotopic (exact) mass is 437 g/mol. The van der Waals surface area contributed by atoms with Crippen molar-refractivity contribution >= 4 is 11.7 Å². The van der Waals surface area contributed by atoms with Crippen molar-refractivity contribution < 1.29 is 9.21 Å². The van der Waals surface area contributed by atoms with E-state index in [0.717, 1.165) is 31.6 Å². The van der Waals surface area contributed by atoms with Gasteiger partial charge in [0.2, 0.25) is 0 Å². The molecule has 8 nitrogen and oxygen atoms in total. The number of amides is 1. The fraction of sp³-hybridized carbons (Fsp3) is 0.375. The summed E-state index contributed by atoms with van der Waals surface area (Å²) < 4.78 is 7.15. The van der Waals surface area contributed by atoms with E-state index in [1.807, 2.05) is 6.92 Å². The van der Waals surface area contributed by atoms with Crippen LogP contribution in [0.25, 0.3) is 22.6 Å². The predicted octanol–water partition coefficient (Wildman–Crippen LogP) is 3.23. The summed E-state index contributed by atoms with van der Waals surface area (Å²) in [5.41, 5.74) is 8.32. The smallest absolute Gasteiger partial charge is 0.255 e. The minimum Gasteiger partial charge on any atom is -0.463 e. The Kier molecular flexibility index (Phi) is 7.83. The maximum absolute atomic E-state index is 12.9. The molecule has 0 aliphatic carbocycles. The highest BCUT2D eigenvalue weighted by atomic mass is 16.3. The first-order chi connectivity index (χ1) is 15.5. The number of nitrogens with zero attached hydrogens (tertiary/aromatic N) is 3. The van der Waals surface area contributed by atoms with Crippen LogP contribution < -0.4 is 16.6 Å². The molecule has 0 bridgehead atoms. The molecule has 0 fully saturated rings. The standard InChI is InChI=1S/C24H31N5O3/c1-4-28(5-2)13-8-12-26-24(31)19-15-18(17-10-11-21(30)29(6-3)16-17)22(27-23(19)25)20-9-7-14-32-20/h7,9-11,14-16H,4-6,8,12-13H2,1-3H3,(H2,25,27)(H,26,31). The number of hydrogen-bond acceptors (Lipinski definition) is 6. The molecule has 3 N–H and O–H groups in total. The van der Waals surface area contributed by atoms with Crippen molar-refractivity contribution in [2.45, 2.75) is 33.7 Å². The van der Waals surface area contributed by atoms with E-state index >= 15 is 0 Å². The normalized spacial score (nSPS) is 11.1. The zero-order chi connectivity index (χ0) is 23.1. The first-order valence-electron chi connectivity index (χ1n) is 11.0. The highest BCUT2D eigenvalue weighted by Gasteiger charge is 2.19. The largest absolute Gasteiger partial charge is 0.463 e. The van der Waals surface area contributed by atoms with Gasteiger partial charge in [0.25, 0.3) is 11.5 Å². The molecule has 0 aromatic carbocycles. The quantitative estimate of drug-likeness (QED) is 0.472. The van der Waals surface area contributed by atoms with Gasteiger partial charge in [-0.1, -0.05) is 13.8 Å². The Morgan fingerprint density at radius 1 is 1.22 bits per heavy atom. The lowest BCUT2D eigenvalue weighted by molar-refractivity contribution is 0.0952. The molecule has 0 radical (unpaired) electrons. The van der Waals surface area contributed by atoms with Crippen molar-refractivity contribution in [2.24, 2.45) is 0 Å². The van der Waals surface area contributed by atoms with Crippen molar-refractivity contribution in [3.8, 4) is 22.6 Å². The van der Waals surface area contributed by atoms with Crippen LogP contribution in [0.1, 0.15) is 37.6 Å². The lowest BCUT2D eigenvalue weighted by atomic mass is 10.0. The number of nitrogen functional groups attached to an aromatic ring is 1. The topological polar surface area (TPSA) is 106 Å². The molecule has 32 heavy (non-hydrogen) atoms. The third-order valence-electron chi connectivity index (χ3n) is 5.52. The van der Waals surface area contributed by atoms with Gasteiger partial charge in [-0.2, -0.15) is 0 Å². The first-order valence-corrected chi connectivity index (χ1v) is 11.0. The van der Waals surface area contributed by atoms with Crippen LogP contribution in [0.15, 0.2) is 52.0 Å². The van der Waals surface area contributed by atoms with Crippen molar-refractivity contribution in [3.05, 3.63) is 58.7 Å². The Labute approximate surface area is 188 Å². The third kappa shape index (κ3) is 5.26. The molecule has 0 atom stereocenters. The number of carbonyl (C=O) groups excluding carboxylic acids is 1. The molecule has 0 spiro atoms. The molecule has 3 aromatic heterocycles. The fourth-order valence-corrected chi connectivity index (χ4v) is 3.61. The molecule has 0 aliphatic heterocycles. The van der Waals surface area contributed by atoms with E-state index in [4.69, 9.17) is 10.2 Å². The molecule has 3 heterocycles. The van der Waals surface area contributed by atoms with Crippen LogP contribution in [0, 0.1) is 0 Å². The van der Waals surface area contributed by atoms with Crippen LogP contribution >= 0.6 is 0 Å². The van der Waals surface area contributed by atoms with Crippen molar-refractivity contribution in [3.63, 3.8) is 0 Å². The zero-order valence-corrected chi connectivity index (χ0v) is 18.9. The van der Waals surface area contributed by atoms with Gasteiger partial charge in [-0.25, -0.2) is 4.98 Å². The van der Waals surface area contributed by atoms with Crippen molar-refractivity contribution in [1.29, 1.82) is 0 Å². The van der Waals surface area contributed by atoms with E-state index in [-0.39, 0.29) is 17.3 Å². The molecule has 8 heteroatoms. The lowest BCUT2D eigenvalue weighted by Gasteiger charge is -2.18. The second kappa shape index (κ2) is 10.8. The van der Waals surface area contributed by atoms with Gasteiger partial charge in [0, 0.05) is 36.5 Å². The molecule has 0 unspecified atom stereocenters. The average Bonchev–Trinajstić information content (AvgIpc) is 3.34. The number of pyridine rings is 2. The Morgan fingerprint density at radius 2 is 2.00 bits per heavy atom. The van der Waals surface area contributed by atoms with E-state index in [1.54, 1.807) is 41.3 Å². The van der Waals surface area contributed by atoms with E-state index < -0.39 is 0 Å². The number of rotatable bonds is 10. The third-order valence-corrected chi connectivity index (χ3v) is 5.52. The molecular weight excluding hydrogens is 406 g/mol. The molecule has 1 amide bonds. The van der Waals surface area contributed by atoms with Crippen LogP contribution in [0.5, 0.6) is 0 Å². The summed E-state index contributed by atoms with van der Waals surface area (Å²) in [6.07, 6.45) is 4.16. The second-order valence-corrected chi connectivity index (χ2v) is 7.47. The number of furan rings is 1. The summed E-state index contributed by atoms with van der Waals surface area (Å²) in [5.74, 6) is 0.392. The maximum Gasteiger partial charge on any atom is 0.255 e. The minimum atomic E-state index is -0.273. The average molecular weight is 438 g/mol. The Morgan fingerprint density at radius 3 is 2.66 bits per heavy atom. The van der Waals surface area contributed by atoms with Crippen molar-refractivity contribution in [1.82, 2.24) is 19.8 Å². The van der Waals surface area contributed by atoms with E-state index in [1.165, 1.54) is 6.07 Å². The van der Waals surface area contributed by atoms with Crippen LogP contribution in [-0.2, 0) is 6.54 Å². The Hall–Kier alpha value is -3.39. The van der Waals surface area contributed by atoms with E-state index in [9.17, 15) is 9.59 Å². The van der Waals surface area contributed by atoms with Crippen LogP contribution in [-0.4, -0.2) is 46.5 Å². The Bertz CT molecular complexity index is 1100. The minimum absolute atomic E-state index is 0.0922. The highest BCUT2D eigenvalue weighted by molar-refractivity contribution is 6.00. The van der Waals surface area contributed by atoms with Gasteiger partial charge in [-0.05, 0) is 57.2 Å². The molecule has 0 saturated heterocycles. The lowest BCUT2D eigenvalue weighted by Crippen LogP contribution is -2.30. The van der Waals surface area contributed by atoms with Gasteiger partial charge >= 0.3 is 0 Å². The summed E-state index contributed by atoms with van der Waals surface area (Å²) >= 11 is 0. The van der Waals surface area contributed by atoms with Crippen LogP contribution in [0.2, 0.25) is 0 Å². The fourth-order valence-electron chi connectivity index (χ4n) is 3.61. The van der Waals surface area contributed by atoms with Gasteiger partial charge in [0.05, 0.1) is 11.8 Å². The van der Waals surface area contributed by atoms with E-state index in [2.05, 4.69) is 29.0 Å². The van der Waals surface area contributed by atoms with Gasteiger partial charge in [-0.3, -0.25) is 9.59 Å². The summed E-state index contributed by atoms with van der Waals surface area (Å²) in [5, 5.41) is 2.94. The van der Waals surface area contributed by atoms with Crippen LogP contribution in [0.4, 0.5) is 5.82 Å². The Balaban J connectivity index is 1.92. The van der Waals surface area contributed by atoms with Crippen molar-refractivity contribution in [2.75, 3.05) is 31.9 Å². The zero-order valence-electron chi connectivity index (χ0n) is 18.9. The number of aryl methyl sites for hydroxylation is 1. The first kappa shape index (κ1) is 23.3. The van der Waals surface area contributed by atoms with Crippen LogP contribution in [0.3, 0.4) is 0 Å². The molecule has 3 aromatic rings. The van der Waals surface area contributed by atoms with Gasteiger partial charge in [0.1, 0.15) is 11.5 Å². The number of nitrogens with one attached hydrogen (secondary N) is 1. The summed E-state index contributed by atoms with van der Waals surface area (Å²) in [6, 6.07) is 8.50. The SMILES string of the molecule is CCN(CC)CCCNC(=O)c1cc(-c2ccc(=O)n(CC)c2)c(-c2ccco2)nc1N. The number of aromatic nitrogens is 2.